The number of allylic oxidation sites excluding steroid dienone is 4. The first kappa shape index (κ1) is 23.0. The number of fused-ring (bicyclic) bond motifs is 1. The summed E-state index contributed by atoms with van der Waals surface area (Å²) in [4.78, 5) is 13.4. The predicted molar refractivity (Wildman–Crippen MR) is 132 cm³/mol. The maximum Gasteiger partial charge on any atom is 0.232 e. The monoisotopic (exact) mass is 491 g/mol. The highest BCUT2D eigenvalue weighted by Gasteiger charge is 2.39. The van der Waals surface area contributed by atoms with Gasteiger partial charge < -0.3 is 5.32 Å². The van der Waals surface area contributed by atoms with Crippen molar-refractivity contribution in [2.45, 2.75) is 32.2 Å². The van der Waals surface area contributed by atoms with Crippen LogP contribution >= 0.6 is 11.3 Å². The maximum atomic E-state index is 13.7. The summed E-state index contributed by atoms with van der Waals surface area (Å²) >= 11 is 1.24. The van der Waals surface area contributed by atoms with Crippen LogP contribution in [0.1, 0.15) is 43.4 Å². The van der Waals surface area contributed by atoms with E-state index in [0.717, 1.165) is 22.0 Å². The lowest BCUT2D eigenvalue weighted by atomic mass is 9.70. The third-order valence-electron chi connectivity index (χ3n) is 6.39. The fourth-order valence-corrected chi connectivity index (χ4v) is 5.02. The van der Waals surface area contributed by atoms with Gasteiger partial charge in [0, 0.05) is 11.3 Å². The third-order valence-corrected chi connectivity index (χ3v) is 7.00. The molecule has 178 valence electrons. The molecule has 1 N–H and O–H groups in total. The van der Waals surface area contributed by atoms with E-state index in [9.17, 15) is 13.6 Å². The van der Waals surface area contributed by atoms with Gasteiger partial charge >= 0.3 is 0 Å². The van der Waals surface area contributed by atoms with Gasteiger partial charge in [-0.1, -0.05) is 49.5 Å². The number of anilines is 1. The van der Waals surface area contributed by atoms with Crippen LogP contribution < -0.4 is 5.32 Å². The first-order chi connectivity index (χ1) is 16.8. The molecule has 0 radical (unpaired) electrons. The lowest BCUT2D eigenvalue weighted by Gasteiger charge is -2.34. The molecular formula is C26H23F2N5OS. The van der Waals surface area contributed by atoms with Crippen molar-refractivity contribution in [1.82, 2.24) is 20.0 Å². The molecule has 1 aliphatic carbocycles. The Balaban J connectivity index is 1.54. The normalized spacial score (nSPS) is 16.8. The fraction of sp³-hybridized carbons (Fsp3) is 0.231. The van der Waals surface area contributed by atoms with Crippen LogP contribution in [0.5, 0.6) is 0 Å². The summed E-state index contributed by atoms with van der Waals surface area (Å²) in [6.07, 6.45) is 7.11. The fourth-order valence-electron chi connectivity index (χ4n) is 4.58. The zero-order valence-corrected chi connectivity index (χ0v) is 20.0. The molecule has 0 spiro atoms. The van der Waals surface area contributed by atoms with Gasteiger partial charge in [-0.25, -0.2) is 8.78 Å². The number of hydrogen-bond acceptors (Lipinski definition) is 5. The van der Waals surface area contributed by atoms with Crippen molar-refractivity contribution in [2.75, 3.05) is 5.32 Å². The Morgan fingerprint density at radius 2 is 1.94 bits per heavy atom. The highest BCUT2D eigenvalue weighted by atomic mass is 32.1. The van der Waals surface area contributed by atoms with Crippen molar-refractivity contribution < 1.29 is 13.6 Å². The van der Waals surface area contributed by atoms with Crippen LogP contribution in [-0.2, 0) is 4.79 Å². The second kappa shape index (κ2) is 9.14. The molecule has 0 fully saturated rings. The van der Waals surface area contributed by atoms with E-state index in [1.165, 1.54) is 29.5 Å². The molecule has 1 aliphatic rings. The number of amides is 1. The van der Waals surface area contributed by atoms with Crippen LogP contribution in [0, 0.1) is 11.2 Å². The van der Waals surface area contributed by atoms with Gasteiger partial charge in [0.2, 0.25) is 11.0 Å². The molecule has 1 amide bonds. The molecule has 9 heteroatoms. The minimum Gasteiger partial charge on any atom is -0.300 e. The van der Waals surface area contributed by atoms with E-state index in [1.54, 1.807) is 36.0 Å². The number of aromatic nitrogens is 4. The van der Waals surface area contributed by atoms with Crippen LogP contribution in [0.3, 0.4) is 0 Å². The molecule has 0 saturated heterocycles. The van der Waals surface area contributed by atoms with Gasteiger partial charge in [-0.2, -0.15) is 5.10 Å². The van der Waals surface area contributed by atoms with E-state index in [4.69, 9.17) is 0 Å². The van der Waals surface area contributed by atoms with Crippen molar-refractivity contribution in [1.29, 1.82) is 0 Å². The van der Waals surface area contributed by atoms with Gasteiger partial charge in [0.05, 0.1) is 23.2 Å². The second-order valence-electron chi connectivity index (χ2n) is 9.06. The topological polar surface area (TPSA) is 72.7 Å². The minimum atomic E-state index is -0.915. The summed E-state index contributed by atoms with van der Waals surface area (Å²) in [6.45, 7) is 3.72. The molecule has 2 unspecified atom stereocenters. The molecule has 6 nitrogen and oxygen atoms in total. The Bertz CT molecular complexity index is 1420. The highest BCUT2D eigenvalue weighted by Crippen LogP contribution is 2.43. The second-order valence-corrected chi connectivity index (χ2v) is 9.90. The highest BCUT2D eigenvalue weighted by molar-refractivity contribution is 7.13. The molecule has 2 atom stereocenters. The quantitative estimate of drug-likeness (QED) is 0.350. The van der Waals surface area contributed by atoms with E-state index in [2.05, 4.69) is 20.6 Å². The SMILES string of the molecule is CC(C)(C(=O)Nc1nncs1)C(c1ccc(F)cc1)c1ccc2c(cnn2C2C=CC(F)=CC2)c1. The van der Waals surface area contributed by atoms with Gasteiger partial charge in [0.25, 0.3) is 0 Å². The number of benzene rings is 2. The number of rotatable bonds is 6. The number of carbonyl (C=O) groups excluding carboxylic acids is 1. The molecule has 4 aromatic rings. The van der Waals surface area contributed by atoms with Gasteiger partial charge in [-0.3, -0.25) is 9.48 Å². The van der Waals surface area contributed by atoms with Crippen molar-refractivity contribution in [3.8, 4) is 0 Å². The number of nitrogens with zero attached hydrogens (tertiary/aromatic N) is 4. The molecule has 2 aromatic heterocycles. The Labute approximate surface area is 205 Å². The van der Waals surface area contributed by atoms with Crippen molar-refractivity contribution in [2.24, 2.45) is 5.41 Å². The number of nitrogens with one attached hydrogen (secondary N) is 1. The van der Waals surface area contributed by atoms with Crippen molar-refractivity contribution in [3.63, 3.8) is 0 Å². The minimum absolute atomic E-state index is 0.0696. The van der Waals surface area contributed by atoms with E-state index < -0.39 is 5.41 Å². The van der Waals surface area contributed by atoms with Gasteiger partial charge in [-0.15, -0.1) is 10.2 Å². The van der Waals surface area contributed by atoms with Crippen LogP contribution in [0.4, 0.5) is 13.9 Å². The molecule has 0 aliphatic heterocycles. The number of hydrogen-bond donors (Lipinski definition) is 1. The first-order valence-electron chi connectivity index (χ1n) is 11.2. The summed E-state index contributed by atoms with van der Waals surface area (Å²) in [5.74, 6) is -1.18. The largest absolute Gasteiger partial charge is 0.300 e. The van der Waals surface area contributed by atoms with Gasteiger partial charge in [-0.05, 0) is 54.0 Å². The van der Waals surface area contributed by atoms with Crippen LogP contribution in [0.15, 0.2) is 78.2 Å². The molecule has 0 bridgehead atoms. The van der Waals surface area contributed by atoms with E-state index in [-0.39, 0.29) is 29.5 Å². The summed E-state index contributed by atoms with van der Waals surface area (Å²) < 4.78 is 29.0. The number of carbonyl (C=O) groups is 1. The Kier molecular flexibility index (Phi) is 6.02. The van der Waals surface area contributed by atoms with E-state index in [0.29, 0.717) is 11.6 Å². The summed E-state index contributed by atoms with van der Waals surface area (Å²) in [7, 11) is 0. The van der Waals surface area contributed by atoms with E-state index in [1.807, 2.05) is 36.7 Å². The number of halogens is 2. The molecular weight excluding hydrogens is 468 g/mol. The van der Waals surface area contributed by atoms with Crippen LogP contribution in [0.2, 0.25) is 0 Å². The Morgan fingerprint density at radius 1 is 1.17 bits per heavy atom. The summed E-state index contributed by atoms with van der Waals surface area (Å²) in [5.41, 5.74) is 3.25. The van der Waals surface area contributed by atoms with Crippen LogP contribution in [0.25, 0.3) is 10.9 Å². The molecule has 5 rings (SSSR count). The molecule has 35 heavy (non-hydrogen) atoms. The van der Waals surface area contributed by atoms with Gasteiger partial charge in [0.15, 0.2) is 0 Å². The lowest BCUT2D eigenvalue weighted by Crippen LogP contribution is -2.37. The predicted octanol–water partition coefficient (Wildman–Crippen LogP) is 6.18. The lowest BCUT2D eigenvalue weighted by molar-refractivity contribution is -0.124. The standard InChI is InChI=1S/C26H23F2N5OS/c1-26(2,24(34)31-25-32-29-15-35-25)23(16-3-6-19(27)7-4-16)17-5-12-22-18(13-17)14-30-33(22)21-10-8-20(28)9-11-21/h3-10,12-15,21,23H,11H2,1-2H3,(H,31,32,34). The zero-order valence-electron chi connectivity index (χ0n) is 19.2. The molecule has 2 aromatic carbocycles. The molecule has 0 saturated carbocycles. The van der Waals surface area contributed by atoms with Crippen molar-refractivity contribution >= 4 is 33.3 Å². The summed E-state index contributed by atoms with van der Waals surface area (Å²) in [6, 6.07) is 12.1. The molecule has 2 heterocycles. The Morgan fingerprint density at radius 3 is 2.63 bits per heavy atom. The zero-order chi connectivity index (χ0) is 24.6. The third kappa shape index (κ3) is 4.51. The summed E-state index contributed by atoms with van der Waals surface area (Å²) in [5, 5.41) is 16.4. The van der Waals surface area contributed by atoms with Crippen molar-refractivity contribution in [3.05, 3.63) is 95.2 Å². The smallest absolute Gasteiger partial charge is 0.232 e. The van der Waals surface area contributed by atoms with Gasteiger partial charge in [0.1, 0.15) is 17.2 Å². The van der Waals surface area contributed by atoms with E-state index >= 15 is 0 Å². The Hall–Kier alpha value is -3.72. The van der Waals surface area contributed by atoms with Crippen LogP contribution in [-0.4, -0.2) is 25.9 Å². The first-order valence-corrected chi connectivity index (χ1v) is 12.0. The average molecular weight is 492 g/mol. The maximum absolute atomic E-state index is 13.7. The average Bonchev–Trinajstić information content (AvgIpc) is 3.51.